The van der Waals surface area contributed by atoms with Gasteiger partial charge in [0, 0.05) is 24.7 Å². The van der Waals surface area contributed by atoms with E-state index in [4.69, 9.17) is 11.5 Å². The van der Waals surface area contributed by atoms with E-state index in [-0.39, 0.29) is 25.7 Å². The van der Waals surface area contributed by atoms with Crippen LogP contribution in [0.2, 0.25) is 0 Å². The Kier molecular flexibility index (Phi) is 12.1. The van der Waals surface area contributed by atoms with Crippen molar-refractivity contribution in [3.63, 3.8) is 0 Å². The summed E-state index contributed by atoms with van der Waals surface area (Å²) < 4.78 is 0. The average molecular weight is 544 g/mol. The van der Waals surface area contributed by atoms with Crippen LogP contribution in [0.3, 0.4) is 0 Å². The number of primary amides is 1. The van der Waals surface area contributed by atoms with Crippen LogP contribution in [0.15, 0.2) is 42.9 Å². The number of benzene rings is 1. The summed E-state index contributed by atoms with van der Waals surface area (Å²) in [6, 6.07) is 4.54. The van der Waals surface area contributed by atoms with E-state index < -0.39 is 59.7 Å². The Morgan fingerprint density at radius 3 is 2.18 bits per heavy atom. The molecule has 212 valence electrons. The molecule has 1 aromatic heterocycles. The van der Waals surface area contributed by atoms with Gasteiger partial charge in [-0.25, -0.2) is 9.78 Å². The highest BCUT2D eigenvalue weighted by molar-refractivity contribution is 5.94. The lowest BCUT2D eigenvalue weighted by Crippen LogP contribution is -2.58. The lowest BCUT2D eigenvalue weighted by Gasteiger charge is -2.26. The summed E-state index contributed by atoms with van der Waals surface area (Å²) in [5.41, 5.74) is 12.7. The topological polar surface area (TPSA) is 222 Å². The summed E-state index contributed by atoms with van der Waals surface area (Å²) in [6.07, 6.45) is 3.22. The van der Waals surface area contributed by atoms with Gasteiger partial charge < -0.3 is 37.5 Å². The quantitative estimate of drug-likeness (QED) is 0.144. The second kappa shape index (κ2) is 15.2. The molecule has 0 bridgehead atoms. The number of carbonyl (C=O) groups excluding carboxylic acids is 4. The molecule has 9 N–H and O–H groups in total. The third kappa shape index (κ3) is 10.2. The third-order valence-electron chi connectivity index (χ3n) is 6.34. The number of amides is 4. The van der Waals surface area contributed by atoms with Gasteiger partial charge in [0.25, 0.3) is 0 Å². The number of nitrogens with one attached hydrogen (secondary N) is 4. The number of carboxylic acids is 1. The molecular weight excluding hydrogens is 506 g/mol. The Morgan fingerprint density at radius 2 is 1.62 bits per heavy atom. The summed E-state index contributed by atoms with van der Waals surface area (Å²) in [7, 11) is 0. The van der Waals surface area contributed by atoms with Crippen LogP contribution in [0.4, 0.5) is 0 Å². The minimum atomic E-state index is -1.28. The van der Waals surface area contributed by atoms with E-state index in [1.54, 1.807) is 13.8 Å². The summed E-state index contributed by atoms with van der Waals surface area (Å²) in [5.74, 6) is -4.42. The molecular formula is C26H37N7O6. The van der Waals surface area contributed by atoms with Gasteiger partial charge in [-0.05, 0) is 24.3 Å². The summed E-state index contributed by atoms with van der Waals surface area (Å²) in [4.78, 5) is 69.2. The van der Waals surface area contributed by atoms with E-state index in [2.05, 4.69) is 25.9 Å². The molecule has 0 saturated heterocycles. The minimum absolute atomic E-state index is 0.00437. The normalized spacial score (nSPS) is 14.7. The summed E-state index contributed by atoms with van der Waals surface area (Å²) in [5, 5.41) is 17.2. The second-order valence-corrected chi connectivity index (χ2v) is 9.41. The molecule has 0 spiro atoms. The van der Waals surface area contributed by atoms with Crippen LogP contribution in [0, 0.1) is 5.92 Å². The van der Waals surface area contributed by atoms with Crippen molar-refractivity contribution in [2.45, 2.75) is 70.1 Å². The molecule has 0 aliphatic heterocycles. The van der Waals surface area contributed by atoms with Crippen molar-refractivity contribution in [1.82, 2.24) is 25.9 Å². The van der Waals surface area contributed by atoms with Crippen molar-refractivity contribution in [1.29, 1.82) is 0 Å². The molecule has 1 heterocycles. The van der Waals surface area contributed by atoms with Crippen molar-refractivity contribution >= 4 is 29.6 Å². The van der Waals surface area contributed by atoms with E-state index in [0.717, 1.165) is 5.56 Å². The van der Waals surface area contributed by atoms with Crippen LogP contribution in [0.1, 0.15) is 44.4 Å². The van der Waals surface area contributed by atoms with Gasteiger partial charge in [-0.2, -0.15) is 0 Å². The zero-order valence-corrected chi connectivity index (χ0v) is 22.1. The SMILES string of the molecule is CCC(C)C(NC(=O)C(CCC(N)=O)NC(=O)C(Cc1cnc[nH]1)NC(=O)C(N)Cc1ccccc1)C(=O)O. The molecule has 0 fully saturated rings. The van der Waals surface area contributed by atoms with Crippen LogP contribution in [-0.2, 0) is 36.8 Å². The van der Waals surface area contributed by atoms with E-state index in [0.29, 0.717) is 12.1 Å². The number of carbonyl (C=O) groups is 5. The van der Waals surface area contributed by atoms with Crippen LogP contribution in [0.5, 0.6) is 0 Å². The predicted octanol–water partition coefficient (Wildman–Crippen LogP) is -0.627. The molecule has 13 heteroatoms. The number of aromatic amines is 1. The van der Waals surface area contributed by atoms with Gasteiger partial charge in [0.05, 0.1) is 12.4 Å². The van der Waals surface area contributed by atoms with E-state index in [1.165, 1.54) is 12.5 Å². The van der Waals surface area contributed by atoms with Gasteiger partial charge in [-0.3, -0.25) is 19.2 Å². The number of nitrogens with zero attached hydrogens (tertiary/aromatic N) is 1. The van der Waals surface area contributed by atoms with Crippen molar-refractivity contribution < 1.29 is 29.1 Å². The molecule has 0 saturated carbocycles. The zero-order valence-electron chi connectivity index (χ0n) is 22.1. The van der Waals surface area contributed by atoms with Crippen LogP contribution >= 0.6 is 0 Å². The number of H-pyrrole nitrogens is 1. The van der Waals surface area contributed by atoms with Crippen LogP contribution in [-0.4, -0.2) is 68.8 Å². The van der Waals surface area contributed by atoms with Gasteiger partial charge in [0.1, 0.15) is 18.1 Å². The van der Waals surface area contributed by atoms with Crippen molar-refractivity contribution in [2.24, 2.45) is 17.4 Å². The van der Waals surface area contributed by atoms with Gasteiger partial charge in [0.15, 0.2) is 0 Å². The maximum atomic E-state index is 13.3. The average Bonchev–Trinajstić information content (AvgIpc) is 3.41. The van der Waals surface area contributed by atoms with Gasteiger partial charge in [-0.1, -0.05) is 50.6 Å². The number of hydrogen-bond acceptors (Lipinski definition) is 7. The fourth-order valence-electron chi connectivity index (χ4n) is 3.83. The molecule has 13 nitrogen and oxygen atoms in total. The Labute approximate surface area is 226 Å². The fraction of sp³-hybridized carbons (Fsp3) is 0.462. The Balaban J connectivity index is 2.20. The van der Waals surface area contributed by atoms with E-state index >= 15 is 0 Å². The molecule has 5 unspecified atom stereocenters. The predicted molar refractivity (Wildman–Crippen MR) is 142 cm³/mol. The first-order chi connectivity index (χ1) is 18.5. The van der Waals surface area contributed by atoms with E-state index in [9.17, 15) is 29.1 Å². The molecule has 0 aliphatic carbocycles. The lowest BCUT2D eigenvalue weighted by atomic mass is 9.98. The largest absolute Gasteiger partial charge is 0.480 e. The van der Waals surface area contributed by atoms with Crippen molar-refractivity contribution in [3.05, 3.63) is 54.1 Å². The number of nitrogens with two attached hydrogens (primary N) is 2. The molecule has 0 radical (unpaired) electrons. The van der Waals surface area contributed by atoms with Crippen LogP contribution in [0.25, 0.3) is 0 Å². The summed E-state index contributed by atoms with van der Waals surface area (Å²) in [6.45, 7) is 3.45. The molecule has 4 amide bonds. The number of hydrogen-bond donors (Lipinski definition) is 7. The molecule has 39 heavy (non-hydrogen) atoms. The summed E-state index contributed by atoms with van der Waals surface area (Å²) >= 11 is 0. The van der Waals surface area contributed by atoms with Crippen LogP contribution < -0.4 is 27.4 Å². The fourth-order valence-corrected chi connectivity index (χ4v) is 3.83. The Morgan fingerprint density at radius 1 is 0.974 bits per heavy atom. The van der Waals surface area contributed by atoms with Gasteiger partial charge in [0.2, 0.25) is 23.6 Å². The minimum Gasteiger partial charge on any atom is -0.480 e. The highest BCUT2D eigenvalue weighted by atomic mass is 16.4. The number of carboxylic acid groups (broad SMARTS) is 1. The molecule has 2 rings (SSSR count). The smallest absolute Gasteiger partial charge is 0.326 e. The first kappa shape index (κ1) is 31.0. The second-order valence-electron chi connectivity index (χ2n) is 9.41. The van der Waals surface area contributed by atoms with Crippen molar-refractivity contribution in [2.75, 3.05) is 0 Å². The van der Waals surface area contributed by atoms with E-state index in [1.807, 2.05) is 30.3 Å². The van der Waals surface area contributed by atoms with Gasteiger partial charge >= 0.3 is 5.97 Å². The standard InChI is InChI=1S/C26H37N7O6/c1-3-15(2)22(26(38)39)33-24(36)19(9-10-21(28)34)31-25(37)20(12-17-13-29-14-30-17)32-23(35)18(27)11-16-7-5-4-6-8-16/h4-8,13-15,18-20,22H,3,9-12,27H2,1-2H3,(H2,28,34)(H,29,30)(H,31,37)(H,32,35)(H,33,36)(H,38,39). The number of imidazole rings is 1. The van der Waals surface area contributed by atoms with Crippen molar-refractivity contribution in [3.8, 4) is 0 Å². The molecule has 1 aromatic carbocycles. The lowest BCUT2D eigenvalue weighted by molar-refractivity contribution is -0.144. The number of aromatic nitrogens is 2. The first-order valence-electron chi connectivity index (χ1n) is 12.7. The zero-order chi connectivity index (χ0) is 28.9. The first-order valence-corrected chi connectivity index (χ1v) is 12.7. The number of rotatable bonds is 16. The Bertz CT molecular complexity index is 1110. The Hall–Kier alpha value is -4.26. The molecule has 5 atom stereocenters. The highest BCUT2D eigenvalue weighted by Gasteiger charge is 2.32. The maximum absolute atomic E-state index is 13.3. The molecule has 2 aromatic rings. The monoisotopic (exact) mass is 543 g/mol. The maximum Gasteiger partial charge on any atom is 0.326 e. The molecule has 0 aliphatic rings. The highest BCUT2D eigenvalue weighted by Crippen LogP contribution is 2.10. The number of aliphatic carboxylic acids is 1. The van der Waals surface area contributed by atoms with Gasteiger partial charge in [-0.15, -0.1) is 0 Å². The third-order valence-corrected chi connectivity index (χ3v) is 6.34.